The molecular formula is C11H13N5O2. The highest BCUT2D eigenvalue weighted by Gasteiger charge is 2.15. The van der Waals surface area contributed by atoms with E-state index in [1.807, 2.05) is 0 Å². The molecule has 0 spiro atoms. The van der Waals surface area contributed by atoms with Gasteiger partial charge in [-0.3, -0.25) is 14.5 Å². The summed E-state index contributed by atoms with van der Waals surface area (Å²) >= 11 is 0. The van der Waals surface area contributed by atoms with Crippen LogP contribution in [0.2, 0.25) is 0 Å². The van der Waals surface area contributed by atoms with Gasteiger partial charge in [0.15, 0.2) is 5.82 Å². The summed E-state index contributed by atoms with van der Waals surface area (Å²) < 4.78 is 6.56. The first-order chi connectivity index (χ1) is 8.63. The summed E-state index contributed by atoms with van der Waals surface area (Å²) in [5.41, 5.74) is 6.48. The Balaban J connectivity index is 2.28. The zero-order valence-corrected chi connectivity index (χ0v) is 10.0. The number of methoxy groups -OCH3 is 1. The molecule has 1 amide bonds. The van der Waals surface area contributed by atoms with E-state index in [2.05, 4.69) is 15.4 Å². The Morgan fingerprint density at radius 1 is 1.50 bits per heavy atom. The van der Waals surface area contributed by atoms with Crippen LogP contribution in [0.4, 0.5) is 11.5 Å². The van der Waals surface area contributed by atoms with Crippen molar-refractivity contribution in [1.82, 2.24) is 14.8 Å². The van der Waals surface area contributed by atoms with E-state index in [-0.39, 0.29) is 5.91 Å². The molecular weight excluding hydrogens is 234 g/mol. The number of hydrogen-bond acceptors (Lipinski definition) is 5. The summed E-state index contributed by atoms with van der Waals surface area (Å²) in [6.07, 6.45) is 4.46. The number of rotatable bonds is 3. The number of aromatic nitrogens is 3. The minimum Gasteiger partial charge on any atom is -0.494 e. The van der Waals surface area contributed by atoms with Gasteiger partial charge < -0.3 is 15.8 Å². The Hall–Kier alpha value is -2.57. The lowest BCUT2D eigenvalue weighted by Gasteiger charge is -2.09. The molecule has 18 heavy (non-hydrogen) atoms. The van der Waals surface area contributed by atoms with Crippen molar-refractivity contribution in [1.29, 1.82) is 0 Å². The molecule has 2 heterocycles. The monoisotopic (exact) mass is 247 g/mol. The molecule has 0 aromatic carbocycles. The minimum atomic E-state index is -0.329. The first-order valence-electron chi connectivity index (χ1n) is 5.20. The molecule has 0 atom stereocenters. The highest BCUT2D eigenvalue weighted by atomic mass is 16.5. The topological polar surface area (TPSA) is 95.1 Å². The number of carbonyl (C=O) groups is 1. The number of aryl methyl sites for hydroxylation is 1. The van der Waals surface area contributed by atoms with Crippen LogP contribution in [0.5, 0.6) is 5.75 Å². The molecule has 2 rings (SSSR count). The van der Waals surface area contributed by atoms with Gasteiger partial charge in [-0.15, -0.1) is 0 Å². The number of ether oxygens (including phenoxy) is 1. The Bertz CT molecular complexity index is 559. The zero-order valence-electron chi connectivity index (χ0n) is 10.0. The van der Waals surface area contributed by atoms with Crippen LogP contribution in [0.15, 0.2) is 24.7 Å². The lowest BCUT2D eigenvalue weighted by atomic mass is 10.2. The third kappa shape index (κ3) is 2.10. The van der Waals surface area contributed by atoms with Crippen LogP contribution in [-0.2, 0) is 7.05 Å². The Morgan fingerprint density at radius 3 is 2.89 bits per heavy atom. The van der Waals surface area contributed by atoms with E-state index in [1.165, 1.54) is 30.4 Å². The maximum atomic E-state index is 12.1. The molecule has 0 saturated heterocycles. The van der Waals surface area contributed by atoms with Crippen molar-refractivity contribution in [2.75, 3.05) is 18.2 Å². The lowest BCUT2D eigenvalue weighted by molar-refractivity contribution is 0.102. The molecule has 0 radical (unpaired) electrons. The lowest BCUT2D eigenvalue weighted by Crippen LogP contribution is -2.16. The van der Waals surface area contributed by atoms with E-state index in [1.54, 1.807) is 13.1 Å². The fourth-order valence-electron chi connectivity index (χ4n) is 1.51. The number of pyridine rings is 1. The zero-order chi connectivity index (χ0) is 13.1. The van der Waals surface area contributed by atoms with Gasteiger partial charge in [-0.25, -0.2) is 0 Å². The van der Waals surface area contributed by atoms with Crippen molar-refractivity contribution in [3.05, 3.63) is 30.2 Å². The predicted octanol–water partition coefficient (Wildman–Crippen LogP) is 0.658. The average molecular weight is 247 g/mol. The number of anilines is 2. The van der Waals surface area contributed by atoms with Gasteiger partial charge in [-0.05, 0) is 6.07 Å². The predicted molar refractivity (Wildman–Crippen MR) is 66.4 cm³/mol. The molecule has 0 bridgehead atoms. The first-order valence-corrected chi connectivity index (χ1v) is 5.20. The molecule has 94 valence electrons. The molecule has 0 fully saturated rings. The normalized spacial score (nSPS) is 10.1. The Kier molecular flexibility index (Phi) is 3.13. The Labute approximate surface area is 104 Å². The van der Waals surface area contributed by atoms with Crippen molar-refractivity contribution in [3.63, 3.8) is 0 Å². The minimum absolute atomic E-state index is 0.329. The highest BCUT2D eigenvalue weighted by molar-refractivity contribution is 6.06. The molecule has 0 saturated carbocycles. The summed E-state index contributed by atoms with van der Waals surface area (Å²) in [5, 5.41) is 6.62. The molecule has 0 aliphatic rings. The van der Waals surface area contributed by atoms with Gasteiger partial charge in [-0.1, -0.05) is 0 Å². The van der Waals surface area contributed by atoms with E-state index in [9.17, 15) is 4.79 Å². The maximum absolute atomic E-state index is 12.1. The second-order valence-electron chi connectivity index (χ2n) is 3.60. The third-order valence-corrected chi connectivity index (χ3v) is 2.45. The van der Waals surface area contributed by atoms with Gasteiger partial charge >= 0.3 is 0 Å². The molecule has 2 aromatic heterocycles. The molecule has 0 aliphatic heterocycles. The smallest absolute Gasteiger partial charge is 0.260 e. The largest absolute Gasteiger partial charge is 0.494 e. The second-order valence-corrected chi connectivity index (χ2v) is 3.60. The summed E-state index contributed by atoms with van der Waals surface area (Å²) in [6, 6.07) is 1.57. The van der Waals surface area contributed by atoms with Crippen LogP contribution in [0.3, 0.4) is 0 Å². The van der Waals surface area contributed by atoms with Crippen LogP contribution < -0.4 is 15.8 Å². The second kappa shape index (κ2) is 4.74. The summed E-state index contributed by atoms with van der Waals surface area (Å²) in [7, 11) is 3.17. The SMILES string of the molecule is COc1cnccc1C(=O)Nc1c(N)cnn1C. The van der Waals surface area contributed by atoms with E-state index < -0.39 is 0 Å². The van der Waals surface area contributed by atoms with Crippen molar-refractivity contribution >= 4 is 17.4 Å². The van der Waals surface area contributed by atoms with Gasteiger partial charge in [0.1, 0.15) is 5.75 Å². The van der Waals surface area contributed by atoms with Gasteiger partial charge in [0.05, 0.1) is 30.8 Å². The maximum Gasteiger partial charge on any atom is 0.260 e. The molecule has 7 heteroatoms. The van der Waals surface area contributed by atoms with Crippen molar-refractivity contribution in [2.24, 2.45) is 7.05 Å². The highest BCUT2D eigenvalue weighted by Crippen LogP contribution is 2.20. The van der Waals surface area contributed by atoms with Crippen molar-refractivity contribution in [3.8, 4) is 5.75 Å². The number of nitrogens with one attached hydrogen (secondary N) is 1. The molecule has 3 N–H and O–H groups in total. The molecule has 7 nitrogen and oxygen atoms in total. The number of nitrogen functional groups attached to an aromatic ring is 1. The number of nitrogens with two attached hydrogens (primary N) is 1. The fraction of sp³-hybridized carbons (Fsp3) is 0.182. The van der Waals surface area contributed by atoms with Crippen molar-refractivity contribution in [2.45, 2.75) is 0 Å². The van der Waals surface area contributed by atoms with E-state index in [0.717, 1.165) is 0 Å². The van der Waals surface area contributed by atoms with E-state index >= 15 is 0 Å². The van der Waals surface area contributed by atoms with Gasteiger partial charge in [0.25, 0.3) is 5.91 Å². The van der Waals surface area contributed by atoms with Crippen LogP contribution in [0, 0.1) is 0 Å². The van der Waals surface area contributed by atoms with Crippen LogP contribution in [0.25, 0.3) is 0 Å². The number of hydrogen-bond donors (Lipinski definition) is 2. The summed E-state index contributed by atoms with van der Waals surface area (Å²) in [6.45, 7) is 0. The van der Waals surface area contributed by atoms with E-state index in [0.29, 0.717) is 22.8 Å². The van der Waals surface area contributed by atoms with Gasteiger partial charge in [0.2, 0.25) is 0 Å². The molecule has 0 aliphatic carbocycles. The van der Waals surface area contributed by atoms with Crippen LogP contribution in [0.1, 0.15) is 10.4 Å². The number of nitrogens with zero attached hydrogens (tertiary/aromatic N) is 3. The Morgan fingerprint density at radius 2 is 2.28 bits per heavy atom. The summed E-state index contributed by atoms with van der Waals surface area (Å²) in [5.74, 6) is 0.513. The quantitative estimate of drug-likeness (QED) is 0.830. The first kappa shape index (κ1) is 11.9. The van der Waals surface area contributed by atoms with Gasteiger partial charge in [-0.2, -0.15) is 5.10 Å². The molecule has 2 aromatic rings. The van der Waals surface area contributed by atoms with Crippen LogP contribution in [-0.4, -0.2) is 27.8 Å². The van der Waals surface area contributed by atoms with E-state index in [4.69, 9.17) is 10.5 Å². The van der Waals surface area contributed by atoms with Crippen LogP contribution >= 0.6 is 0 Å². The van der Waals surface area contributed by atoms with Crippen molar-refractivity contribution < 1.29 is 9.53 Å². The standard InChI is InChI=1S/C11H13N5O2/c1-16-10(8(12)5-14-16)15-11(17)7-3-4-13-6-9(7)18-2/h3-6H,12H2,1-2H3,(H,15,17). The molecule has 0 unspecified atom stereocenters. The third-order valence-electron chi connectivity index (χ3n) is 2.45. The average Bonchev–Trinajstić information content (AvgIpc) is 2.70. The summed E-state index contributed by atoms with van der Waals surface area (Å²) in [4.78, 5) is 16.0. The number of amides is 1. The number of carbonyl (C=O) groups excluding carboxylic acids is 1. The van der Waals surface area contributed by atoms with Gasteiger partial charge in [0, 0.05) is 13.2 Å². The fourth-order valence-corrected chi connectivity index (χ4v) is 1.51.